The number of carbonyl (C=O) groups excluding carboxylic acids is 1. The molecule has 3 nitrogen and oxygen atoms in total. The van der Waals surface area contributed by atoms with Crippen molar-refractivity contribution in [1.29, 1.82) is 0 Å². The molecule has 0 radical (unpaired) electrons. The van der Waals surface area contributed by atoms with E-state index >= 15 is 0 Å². The van der Waals surface area contributed by atoms with E-state index in [0.29, 0.717) is 16.6 Å². The van der Waals surface area contributed by atoms with Crippen molar-refractivity contribution in [3.63, 3.8) is 0 Å². The van der Waals surface area contributed by atoms with Crippen molar-refractivity contribution in [3.8, 4) is 11.1 Å². The molecular weight excluding hydrogens is 341 g/mol. The summed E-state index contributed by atoms with van der Waals surface area (Å²) in [7, 11) is 0. The van der Waals surface area contributed by atoms with Gasteiger partial charge in [-0.1, -0.05) is 54.6 Å². The highest BCUT2D eigenvalue weighted by atomic mass is 19.1. The molecule has 0 spiro atoms. The van der Waals surface area contributed by atoms with Crippen molar-refractivity contribution in [1.82, 2.24) is 4.98 Å². The van der Waals surface area contributed by atoms with Crippen LogP contribution in [0.5, 0.6) is 0 Å². The number of benzene rings is 3. The van der Waals surface area contributed by atoms with E-state index in [1.165, 1.54) is 12.1 Å². The van der Waals surface area contributed by atoms with Crippen LogP contribution in [0.3, 0.4) is 0 Å². The molecule has 4 rings (SSSR count). The number of ketones is 1. The Balaban J connectivity index is 1.82. The van der Waals surface area contributed by atoms with E-state index in [4.69, 9.17) is 0 Å². The number of hydrogen-bond donors (Lipinski definition) is 2. The first-order chi connectivity index (χ1) is 13.2. The largest absolute Gasteiger partial charge is 0.392 e. The van der Waals surface area contributed by atoms with Crippen LogP contribution in [-0.2, 0) is 13.0 Å². The number of hydrogen-bond acceptors (Lipinski definition) is 2. The first kappa shape index (κ1) is 17.2. The molecule has 4 heteroatoms. The molecule has 1 aromatic heterocycles. The summed E-state index contributed by atoms with van der Waals surface area (Å²) < 4.78 is 13.9. The van der Waals surface area contributed by atoms with Gasteiger partial charge in [0.1, 0.15) is 5.82 Å². The SMILES string of the molecule is O=C(Cc1cccc(CO)c1)c1[nH]c2ccc(F)cc2c1-c1ccccc1. The van der Waals surface area contributed by atoms with Gasteiger partial charge in [0, 0.05) is 22.9 Å². The summed E-state index contributed by atoms with van der Waals surface area (Å²) >= 11 is 0. The Kier molecular flexibility index (Phi) is 4.57. The second-order valence-corrected chi connectivity index (χ2v) is 6.51. The van der Waals surface area contributed by atoms with E-state index in [-0.39, 0.29) is 24.6 Å². The molecule has 0 aliphatic carbocycles. The third-order valence-corrected chi connectivity index (χ3v) is 4.64. The minimum absolute atomic E-state index is 0.0665. The van der Waals surface area contributed by atoms with Crippen molar-refractivity contribution in [3.05, 3.63) is 95.4 Å². The Hall–Kier alpha value is -3.24. The number of aromatic amines is 1. The van der Waals surface area contributed by atoms with E-state index in [0.717, 1.165) is 22.2 Å². The van der Waals surface area contributed by atoms with Gasteiger partial charge in [0.15, 0.2) is 5.78 Å². The van der Waals surface area contributed by atoms with Crippen molar-refractivity contribution in [2.75, 3.05) is 0 Å². The third kappa shape index (κ3) is 3.39. The first-order valence-corrected chi connectivity index (χ1v) is 8.74. The molecular formula is C23H18FNO2. The molecule has 0 bridgehead atoms. The zero-order valence-electron chi connectivity index (χ0n) is 14.6. The molecule has 0 saturated carbocycles. The molecule has 27 heavy (non-hydrogen) atoms. The number of nitrogens with one attached hydrogen (secondary N) is 1. The molecule has 4 aromatic rings. The number of halogens is 1. The lowest BCUT2D eigenvalue weighted by atomic mass is 9.97. The minimum Gasteiger partial charge on any atom is -0.392 e. The van der Waals surface area contributed by atoms with Crippen LogP contribution in [0.4, 0.5) is 4.39 Å². The number of rotatable bonds is 5. The third-order valence-electron chi connectivity index (χ3n) is 4.64. The van der Waals surface area contributed by atoms with E-state index in [9.17, 15) is 14.3 Å². The monoisotopic (exact) mass is 359 g/mol. The van der Waals surface area contributed by atoms with Crippen LogP contribution in [0.2, 0.25) is 0 Å². The van der Waals surface area contributed by atoms with Gasteiger partial charge in [-0.3, -0.25) is 4.79 Å². The lowest BCUT2D eigenvalue weighted by Gasteiger charge is -2.06. The topological polar surface area (TPSA) is 53.1 Å². The van der Waals surface area contributed by atoms with Gasteiger partial charge in [0.25, 0.3) is 0 Å². The van der Waals surface area contributed by atoms with Crippen molar-refractivity contribution < 1.29 is 14.3 Å². The zero-order chi connectivity index (χ0) is 18.8. The smallest absolute Gasteiger partial charge is 0.184 e. The molecule has 0 atom stereocenters. The predicted molar refractivity (Wildman–Crippen MR) is 104 cm³/mol. The number of aliphatic hydroxyl groups excluding tert-OH is 1. The van der Waals surface area contributed by atoms with Gasteiger partial charge >= 0.3 is 0 Å². The van der Waals surface area contributed by atoms with Crippen LogP contribution in [0.15, 0.2) is 72.8 Å². The number of aromatic nitrogens is 1. The number of Topliss-reactive ketones (excluding diaryl/α,β-unsaturated/α-hetero) is 1. The van der Waals surface area contributed by atoms with Crippen molar-refractivity contribution >= 4 is 16.7 Å². The molecule has 0 aliphatic heterocycles. The van der Waals surface area contributed by atoms with E-state index in [1.54, 1.807) is 6.07 Å². The van der Waals surface area contributed by atoms with E-state index < -0.39 is 0 Å². The van der Waals surface area contributed by atoms with Gasteiger partial charge in [-0.05, 0) is 34.9 Å². The van der Waals surface area contributed by atoms with Crippen LogP contribution in [-0.4, -0.2) is 15.9 Å². The summed E-state index contributed by atoms with van der Waals surface area (Å²) in [5.41, 5.74) is 4.37. The number of H-pyrrole nitrogens is 1. The quantitative estimate of drug-likeness (QED) is 0.498. The van der Waals surface area contributed by atoms with Crippen LogP contribution < -0.4 is 0 Å². The fourth-order valence-corrected chi connectivity index (χ4v) is 3.39. The highest BCUT2D eigenvalue weighted by Crippen LogP contribution is 2.33. The van der Waals surface area contributed by atoms with Crippen LogP contribution in [0, 0.1) is 5.82 Å². The summed E-state index contributed by atoms with van der Waals surface area (Å²) in [6.07, 6.45) is 0.197. The van der Waals surface area contributed by atoms with Crippen LogP contribution >= 0.6 is 0 Å². The Labute approximate surface area is 156 Å². The maximum atomic E-state index is 13.9. The number of aliphatic hydroxyl groups is 1. The molecule has 0 unspecified atom stereocenters. The average Bonchev–Trinajstić information content (AvgIpc) is 3.07. The Morgan fingerprint density at radius 2 is 1.70 bits per heavy atom. The Bertz CT molecular complexity index is 1120. The summed E-state index contributed by atoms with van der Waals surface area (Å²) in [6, 6.07) is 21.3. The first-order valence-electron chi connectivity index (χ1n) is 8.74. The van der Waals surface area contributed by atoms with Crippen molar-refractivity contribution in [2.45, 2.75) is 13.0 Å². The molecule has 3 aromatic carbocycles. The summed E-state index contributed by atoms with van der Waals surface area (Å²) in [6.45, 7) is -0.0665. The van der Waals surface area contributed by atoms with E-state index in [2.05, 4.69) is 4.98 Å². The highest BCUT2D eigenvalue weighted by Gasteiger charge is 2.20. The highest BCUT2D eigenvalue weighted by molar-refractivity contribution is 6.11. The maximum Gasteiger partial charge on any atom is 0.184 e. The van der Waals surface area contributed by atoms with E-state index in [1.807, 2.05) is 54.6 Å². The molecule has 134 valence electrons. The second kappa shape index (κ2) is 7.17. The molecule has 0 fully saturated rings. The summed E-state index contributed by atoms with van der Waals surface area (Å²) in [5, 5.41) is 9.99. The van der Waals surface area contributed by atoms with Gasteiger partial charge in [0.2, 0.25) is 0 Å². The minimum atomic E-state index is -0.340. The lowest BCUT2D eigenvalue weighted by Crippen LogP contribution is -2.06. The summed E-state index contributed by atoms with van der Waals surface area (Å²) in [4.78, 5) is 16.2. The van der Waals surface area contributed by atoms with Crippen molar-refractivity contribution in [2.24, 2.45) is 0 Å². The molecule has 2 N–H and O–H groups in total. The second-order valence-electron chi connectivity index (χ2n) is 6.51. The summed E-state index contributed by atoms with van der Waals surface area (Å²) in [5.74, 6) is -0.422. The van der Waals surface area contributed by atoms with Gasteiger partial charge in [-0.25, -0.2) is 4.39 Å². The van der Waals surface area contributed by atoms with Gasteiger partial charge in [-0.2, -0.15) is 0 Å². The average molecular weight is 359 g/mol. The maximum absolute atomic E-state index is 13.9. The van der Waals surface area contributed by atoms with Crippen LogP contribution in [0.1, 0.15) is 21.6 Å². The lowest BCUT2D eigenvalue weighted by molar-refractivity contribution is 0.0989. The number of fused-ring (bicyclic) bond motifs is 1. The van der Waals surface area contributed by atoms with Gasteiger partial charge in [-0.15, -0.1) is 0 Å². The molecule has 1 heterocycles. The van der Waals surface area contributed by atoms with Gasteiger partial charge in [0.05, 0.1) is 12.3 Å². The molecule has 0 amide bonds. The standard InChI is InChI=1S/C23H18FNO2/c24-18-9-10-20-19(13-18)22(17-7-2-1-3-8-17)23(25-20)21(27)12-15-5-4-6-16(11-15)14-26/h1-11,13,25-26H,12,14H2. The number of carbonyl (C=O) groups is 1. The predicted octanol–water partition coefficient (Wildman–Crippen LogP) is 4.89. The van der Waals surface area contributed by atoms with Gasteiger partial charge < -0.3 is 10.1 Å². The Morgan fingerprint density at radius 1 is 0.926 bits per heavy atom. The Morgan fingerprint density at radius 3 is 2.48 bits per heavy atom. The molecule has 0 saturated heterocycles. The fourth-order valence-electron chi connectivity index (χ4n) is 3.39. The molecule has 0 aliphatic rings. The zero-order valence-corrected chi connectivity index (χ0v) is 14.6. The normalized spacial score (nSPS) is 11.0. The fraction of sp³-hybridized carbons (Fsp3) is 0.0870. The van der Waals surface area contributed by atoms with Crippen LogP contribution in [0.25, 0.3) is 22.0 Å².